The topological polar surface area (TPSA) is 63.8 Å². The Labute approximate surface area is 104 Å². The van der Waals surface area contributed by atoms with Crippen LogP contribution < -0.4 is 11.1 Å². The molecule has 3 N–H and O–H groups in total. The number of fused-ring (bicyclic) bond motifs is 1. The molecule has 3 rings (SSSR count). The molecule has 0 aromatic carbocycles. The van der Waals surface area contributed by atoms with Crippen LogP contribution in [0.15, 0.2) is 12.3 Å². The second kappa shape index (κ2) is 4.00. The van der Waals surface area contributed by atoms with Crippen molar-refractivity contribution in [2.45, 2.75) is 26.2 Å². The van der Waals surface area contributed by atoms with E-state index < -0.39 is 0 Å². The zero-order valence-corrected chi connectivity index (χ0v) is 10.5. The summed E-state index contributed by atoms with van der Waals surface area (Å²) in [6, 6.07) is 1.91. The quantitative estimate of drug-likeness (QED) is 0.855. The zero-order chi connectivity index (χ0) is 11.8. The highest BCUT2D eigenvalue weighted by molar-refractivity contribution is 7.15. The van der Waals surface area contributed by atoms with Gasteiger partial charge in [0.1, 0.15) is 0 Å². The number of rotatable bonds is 2. The molecule has 0 amide bonds. The van der Waals surface area contributed by atoms with Gasteiger partial charge < -0.3 is 11.1 Å². The Kier molecular flexibility index (Phi) is 2.48. The third-order valence-corrected chi connectivity index (χ3v) is 4.10. The van der Waals surface area contributed by atoms with Crippen molar-refractivity contribution in [3.8, 4) is 0 Å². The van der Waals surface area contributed by atoms with E-state index in [-0.39, 0.29) is 0 Å². The predicted molar refractivity (Wildman–Crippen MR) is 70.8 cm³/mol. The Bertz CT molecular complexity index is 540. The number of hydrogen-bond donors (Lipinski definition) is 2. The molecule has 4 nitrogen and oxygen atoms in total. The van der Waals surface area contributed by atoms with Crippen LogP contribution in [0.3, 0.4) is 0 Å². The van der Waals surface area contributed by atoms with E-state index in [0.29, 0.717) is 11.5 Å². The maximum atomic E-state index is 5.97. The number of hydrogen-bond acceptors (Lipinski definition) is 5. The van der Waals surface area contributed by atoms with E-state index >= 15 is 0 Å². The van der Waals surface area contributed by atoms with E-state index in [9.17, 15) is 0 Å². The second-order valence-electron chi connectivity index (χ2n) is 4.26. The van der Waals surface area contributed by atoms with E-state index in [2.05, 4.69) is 15.3 Å². The standard InChI is InChI=1S/C12H14N4S/c1-7-5-6-14-11(10(7)13)16-12-15-8-3-2-4-9(8)17-12/h5-6H,2-4,13H2,1H3,(H,14,15,16). The maximum absolute atomic E-state index is 5.97. The molecule has 0 saturated heterocycles. The van der Waals surface area contributed by atoms with Crippen LogP contribution in [0.2, 0.25) is 0 Å². The minimum Gasteiger partial charge on any atom is -0.396 e. The molecule has 0 atom stereocenters. The van der Waals surface area contributed by atoms with E-state index in [1.807, 2.05) is 13.0 Å². The summed E-state index contributed by atoms with van der Waals surface area (Å²) in [4.78, 5) is 10.2. The summed E-state index contributed by atoms with van der Waals surface area (Å²) >= 11 is 1.71. The molecule has 2 heterocycles. The van der Waals surface area contributed by atoms with Gasteiger partial charge >= 0.3 is 0 Å². The van der Waals surface area contributed by atoms with Crippen LogP contribution in [0, 0.1) is 6.92 Å². The average molecular weight is 246 g/mol. The fourth-order valence-electron chi connectivity index (χ4n) is 2.01. The molecule has 0 saturated carbocycles. The van der Waals surface area contributed by atoms with Crippen LogP contribution in [0.5, 0.6) is 0 Å². The van der Waals surface area contributed by atoms with Gasteiger partial charge in [0.25, 0.3) is 0 Å². The molecule has 0 bridgehead atoms. The smallest absolute Gasteiger partial charge is 0.188 e. The van der Waals surface area contributed by atoms with Crippen LogP contribution in [0.25, 0.3) is 0 Å². The normalized spacial score (nSPS) is 13.7. The van der Waals surface area contributed by atoms with Crippen molar-refractivity contribution in [3.05, 3.63) is 28.4 Å². The first-order valence-corrected chi connectivity index (χ1v) is 6.52. The maximum Gasteiger partial charge on any atom is 0.188 e. The van der Waals surface area contributed by atoms with Gasteiger partial charge in [-0.15, -0.1) is 11.3 Å². The Balaban J connectivity index is 1.89. The highest BCUT2D eigenvalue weighted by Gasteiger charge is 2.17. The first-order chi connectivity index (χ1) is 8.24. The molecule has 0 fully saturated rings. The summed E-state index contributed by atoms with van der Waals surface area (Å²) in [5.74, 6) is 0.706. The molecule has 1 aliphatic carbocycles. The minimum atomic E-state index is 0.697. The van der Waals surface area contributed by atoms with Crippen LogP contribution in [0.4, 0.5) is 16.6 Å². The molecule has 17 heavy (non-hydrogen) atoms. The van der Waals surface area contributed by atoms with E-state index in [4.69, 9.17) is 5.73 Å². The summed E-state index contributed by atoms with van der Waals surface area (Å²) in [5.41, 5.74) is 8.94. The summed E-state index contributed by atoms with van der Waals surface area (Å²) in [7, 11) is 0. The lowest BCUT2D eigenvalue weighted by Crippen LogP contribution is -2.00. The Morgan fingerprint density at radius 2 is 2.29 bits per heavy atom. The van der Waals surface area contributed by atoms with Gasteiger partial charge in [-0.05, 0) is 37.8 Å². The molecule has 2 aromatic heterocycles. The summed E-state index contributed by atoms with van der Waals surface area (Å²) < 4.78 is 0. The van der Waals surface area contributed by atoms with Gasteiger partial charge in [-0.25, -0.2) is 9.97 Å². The molecule has 0 spiro atoms. The van der Waals surface area contributed by atoms with Gasteiger partial charge in [-0.2, -0.15) is 0 Å². The van der Waals surface area contributed by atoms with Crippen molar-refractivity contribution < 1.29 is 0 Å². The number of nitrogens with two attached hydrogens (primary N) is 1. The lowest BCUT2D eigenvalue weighted by atomic mass is 10.2. The first-order valence-electron chi connectivity index (χ1n) is 5.71. The van der Waals surface area contributed by atoms with Crippen LogP contribution in [-0.2, 0) is 12.8 Å². The number of pyridine rings is 1. The first kappa shape index (κ1) is 10.5. The molecule has 0 unspecified atom stereocenters. The molecule has 1 aliphatic rings. The summed E-state index contributed by atoms with van der Waals surface area (Å²) in [5, 5.41) is 4.12. The van der Waals surface area contributed by atoms with Crippen LogP contribution in [0.1, 0.15) is 22.6 Å². The van der Waals surface area contributed by atoms with E-state index in [1.54, 1.807) is 17.5 Å². The Morgan fingerprint density at radius 1 is 1.41 bits per heavy atom. The Morgan fingerprint density at radius 3 is 3.12 bits per heavy atom. The lowest BCUT2D eigenvalue weighted by Gasteiger charge is -2.07. The van der Waals surface area contributed by atoms with Gasteiger partial charge in [0.15, 0.2) is 10.9 Å². The van der Waals surface area contributed by atoms with Gasteiger partial charge in [0.05, 0.1) is 11.4 Å². The predicted octanol–water partition coefficient (Wildman–Crippen LogP) is 2.66. The summed E-state index contributed by atoms with van der Waals surface area (Å²) in [6.45, 7) is 1.98. The number of nitrogen functional groups attached to an aromatic ring is 1. The van der Waals surface area contributed by atoms with E-state index in [0.717, 1.165) is 23.5 Å². The van der Waals surface area contributed by atoms with Crippen LogP contribution >= 0.6 is 11.3 Å². The number of thiazole rings is 1. The third kappa shape index (κ3) is 1.86. The molecule has 2 aromatic rings. The Hall–Kier alpha value is -1.62. The monoisotopic (exact) mass is 246 g/mol. The molecule has 0 aliphatic heterocycles. The number of aryl methyl sites for hydroxylation is 3. The van der Waals surface area contributed by atoms with Gasteiger partial charge in [0, 0.05) is 11.1 Å². The number of anilines is 3. The number of aromatic nitrogens is 2. The molecular weight excluding hydrogens is 232 g/mol. The van der Waals surface area contributed by atoms with Crippen molar-refractivity contribution in [1.82, 2.24) is 9.97 Å². The zero-order valence-electron chi connectivity index (χ0n) is 9.66. The number of nitrogens with zero attached hydrogens (tertiary/aromatic N) is 2. The lowest BCUT2D eigenvalue weighted by molar-refractivity contribution is 0.900. The molecular formula is C12H14N4S. The van der Waals surface area contributed by atoms with Crippen molar-refractivity contribution in [3.63, 3.8) is 0 Å². The highest BCUT2D eigenvalue weighted by Crippen LogP contribution is 2.32. The average Bonchev–Trinajstić information content (AvgIpc) is 2.85. The van der Waals surface area contributed by atoms with E-state index in [1.165, 1.54) is 17.0 Å². The molecule has 0 radical (unpaired) electrons. The number of nitrogens with one attached hydrogen (secondary N) is 1. The SMILES string of the molecule is Cc1ccnc(Nc2nc3c(s2)CCC3)c1N. The fourth-order valence-corrected chi connectivity index (χ4v) is 3.06. The van der Waals surface area contributed by atoms with Crippen molar-refractivity contribution in [2.24, 2.45) is 0 Å². The molecule has 5 heteroatoms. The van der Waals surface area contributed by atoms with Gasteiger partial charge in [-0.1, -0.05) is 0 Å². The van der Waals surface area contributed by atoms with Crippen molar-refractivity contribution in [2.75, 3.05) is 11.1 Å². The molecule has 88 valence electrons. The summed E-state index contributed by atoms with van der Waals surface area (Å²) in [6.07, 6.45) is 5.25. The van der Waals surface area contributed by atoms with Gasteiger partial charge in [0.2, 0.25) is 0 Å². The fraction of sp³-hybridized carbons (Fsp3) is 0.333. The largest absolute Gasteiger partial charge is 0.396 e. The van der Waals surface area contributed by atoms with Gasteiger partial charge in [-0.3, -0.25) is 0 Å². The highest BCUT2D eigenvalue weighted by atomic mass is 32.1. The minimum absolute atomic E-state index is 0.697. The third-order valence-electron chi connectivity index (χ3n) is 3.03. The van der Waals surface area contributed by atoms with Crippen molar-refractivity contribution in [1.29, 1.82) is 0 Å². The second-order valence-corrected chi connectivity index (χ2v) is 5.34. The van der Waals surface area contributed by atoms with Crippen LogP contribution in [-0.4, -0.2) is 9.97 Å². The van der Waals surface area contributed by atoms with Crippen molar-refractivity contribution >= 4 is 28.0 Å².